The smallest absolute Gasteiger partial charge is 0.135 e. The summed E-state index contributed by atoms with van der Waals surface area (Å²) in [5.41, 5.74) is 13.7. The molecule has 0 saturated carbocycles. The highest BCUT2D eigenvalue weighted by atomic mass is 32.1. The van der Waals surface area contributed by atoms with Crippen LogP contribution in [0.4, 0.5) is 0 Å². The Bertz CT molecular complexity index is 3800. The lowest BCUT2D eigenvalue weighted by molar-refractivity contribution is 0.669. The summed E-state index contributed by atoms with van der Waals surface area (Å²) in [6.45, 7) is 0. The third-order valence-corrected chi connectivity index (χ3v) is 13.3. The van der Waals surface area contributed by atoms with Gasteiger partial charge in [-0.05, 0) is 95.6 Å². The number of hydrogen-bond acceptors (Lipinski definition) is 2. The minimum Gasteiger partial charge on any atom is -0.456 e. The van der Waals surface area contributed by atoms with Crippen LogP contribution < -0.4 is 0 Å². The summed E-state index contributed by atoms with van der Waals surface area (Å²) in [7, 11) is 0. The van der Waals surface area contributed by atoms with Crippen LogP contribution >= 0.6 is 11.3 Å². The highest BCUT2D eigenvalue weighted by molar-refractivity contribution is 7.26. The fourth-order valence-electron chi connectivity index (χ4n) is 9.48. The number of benzene rings is 9. The summed E-state index contributed by atoms with van der Waals surface area (Å²) < 4.78 is 13.7. The molecule has 270 valence electrons. The van der Waals surface area contributed by atoms with E-state index in [1.165, 1.54) is 86.0 Å². The molecule has 4 heterocycles. The Kier molecular flexibility index (Phi) is 6.60. The molecule has 0 aliphatic heterocycles. The molecule has 0 unspecified atom stereocenters. The maximum Gasteiger partial charge on any atom is 0.135 e. The molecule has 9 aromatic carbocycles. The third kappa shape index (κ3) is 4.55. The first-order valence-electron chi connectivity index (χ1n) is 19.7. The van der Waals surface area contributed by atoms with Crippen LogP contribution in [0.15, 0.2) is 199 Å². The summed E-state index contributed by atoms with van der Waals surface area (Å²) in [5, 5.41) is 9.83. The van der Waals surface area contributed by atoms with E-state index in [1.807, 2.05) is 17.4 Å². The number of fused-ring (bicyclic) bond motifs is 12. The molecule has 0 bridgehead atoms. The topological polar surface area (TPSA) is 23.0 Å². The zero-order chi connectivity index (χ0) is 37.9. The number of furan rings is 1. The van der Waals surface area contributed by atoms with Crippen molar-refractivity contribution in [3.8, 4) is 33.6 Å². The van der Waals surface area contributed by atoms with Crippen LogP contribution in [-0.4, -0.2) is 9.13 Å². The zero-order valence-electron chi connectivity index (χ0n) is 31.2. The molecule has 0 fully saturated rings. The van der Waals surface area contributed by atoms with Crippen molar-refractivity contribution in [2.24, 2.45) is 0 Å². The van der Waals surface area contributed by atoms with E-state index in [-0.39, 0.29) is 0 Å². The summed E-state index contributed by atoms with van der Waals surface area (Å²) >= 11 is 1.87. The monoisotopic (exact) mass is 756 g/mol. The Morgan fingerprint density at radius 1 is 0.328 bits per heavy atom. The van der Waals surface area contributed by atoms with Crippen LogP contribution in [0.5, 0.6) is 0 Å². The minimum atomic E-state index is 0.910. The van der Waals surface area contributed by atoms with Crippen molar-refractivity contribution >= 4 is 97.1 Å². The predicted octanol–water partition coefficient (Wildman–Crippen LogP) is 15.5. The highest BCUT2D eigenvalue weighted by Crippen LogP contribution is 2.45. The first kappa shape index (κ1) is 31.8. The van der Waals surface area contributed by atoms with E-state index < -0.39 is 0 Å². The van der Waals surface area contributed by atoms with E-state index in [9.17, 15) is 0 Å². The number of hydrogen-bond donors (Lipinski definition) is 0. The lowest BCUT2D eigenvalue weighted by Gasteiger charge is -2.13. The van der Waals surface area contributed by atoms with Gasteiger partial charge in [0.2, 0.25) is 0 Å². The van der Waals surface area contributed by atoms with Gasteiger partial charge >= 0.3 is 0 Å². The zero-order valence-corrected chi connectivity index (χ0v) is 32.0. The van der Waals surface area contributed by atoms with Gasteiger partial charge in [-0.25, -0.2) is 0 Å². The molecular formula is C54H32N2OS. The molecule has 0 N–H and O–H groups in total. The maximum absolute atomic E-state index is 6.26. The fraction of sp³-hybridized carbons (Fsp3) is 0. The van der Waals surface area contributed by atoms with Crippen LogP contribution in [0.25, 0.3) is 119 Å². The molecule has 0 saturated heterocycles. The van der Waals surface area contributed by atoms with Gasteiger partial charge in [0, 0.05) is 69.4 Å². The minimum absolute atomic E-state index is 0.910. The number of nitrogens with zero attached hydrogens (tertiary/aromatic N) is 2. The first-order valence-corrected chi connectivity index (χ1v) is 20.6. The number of rotatable bonds is 4. The molecule has 0 atom stereocenters. The Hall–Kier alpha value is -7.40. The van der Waals surface area contributed by atoms with Crippen LogP contribution in [0.3, 0.4) is 0 Å². The SMILES string of the molecule is c1ccc(-n2c3ccccc3c3ccc(-c4ccc5c(c4)c4ccccc4n5-c4cc(-c5ccc6oc7ccccc7c6c5)c5sc6ccccc6c5c4)cc32)cc1. The maximum atomic E-state index is 6.26. The standard InChI is InChI=1S/C54H32N2OS/c1-2-12-36(13-3-1)55-47-18-8-4-14-38(47)40-25-22-34(30-50(40)55)33-23-26-49-44(28-33)39-15-5-9-19-48(39)56(49)37-31-43(54-46(32-37)42-17-7-11-21-53(42)58-54)35-24-27-52-45(29-35)41-16-6-10-20-51(41)57-52/h1-32H. The molecule has 4 heteroatoms. The first-order chi connectivity index (χ1) is 28.7. The lowest BCUT2D eigenvalue weighted by atomic mass is 9.99. The number of para-hydroxylation sites is 4. The van der Waals surface area contributed by atoms with E-state index >= 15 is 0 Å². The third-order valence-electron chi connectivity index (χ3n) is 12.1. The summed E-state index contributed by atoms with van der Waals surface area (Å²) in [4.78, 5) is 0. The average Bonchev–Trinajstić information content (AvgIpc) is 4.03. The van der Waals surface area contributed by atoms with Gasteiger partial charge in [0.15, 0.2) is 0 Å². The van der Waals surface area contributed by atoms with Crippen molar-refractivity contribution in [3.05, 3.63) is 194 Å². The van der Waals surface area contributed by atoms with Crippen molar-refractivity contribution in [1.82, 2.24) is 9.13 Å². The molecule has 4 aromatic heterocycles. The van der Waals surface area contributed by atoms with Crippen molar-refractivity contribution in [2.45, 2.75) is 0 Å². The van der Waals surface area contributed by atoms with Crippen LogP contribution in [0.2, 0.25) is 0 Å². The molecule has 13 aromatic rings. The molecule has 3 nitrogen and oxygen atoms in total. The normalized spacial score (nSPS) is 12.1. The molecule has 0 radical (unpaired) electrons. The van der Waals surface area contributed by atoms with Crippen LogP contribution in [0.1, 0.15) is 0 Å². The predicted molar refractivity (Wildman–Crippen MR) is 246 cm³/mol. The van der Waals surface area contributed by atoms with Gasteiger partial charge in [0.25, 0.3) is 0 Å². The molecule has 0 spiro atoms. The molecule has 0 amide bonds. The largest absolute Gasteiger partial charge is 0.456 e. The van der Waals surface area contributed by atoms with E-state index in [2.05, 4.69) is 197 Å². The molecule has 58 heavy (non-hydrogen) atoms. The highest BCUT2D eigenvalue weighted by Gasteiger charge is 2.20. The summed E-state index contributed by atoms with van der Waals surface area (Å²) in [5.74, 6) is 0. The number of thiophene rings is 1. The van der Waals surface area contributed by atoms with Gasteiger partial charge in [0.05, 0.1) is 22.1 Å². The van der Waals surface area contributed by atoms with Gasteiger partial charge in [0.1, 0.15) is 11.2 Å². The van der Waals surface area contributed by atoms with Gasteiger partial charge in [-0.2, -0.15) is 0 Å². The molecule has 0 aliphatic rings. The summed E-state index contributed by atoms with van der Waals surface area (Å²) in [6.07, 6.45) is 0. The lowest BCUT2D eigenvalue weighted by Crippen LogP contribution is -1.95. The van der Waals surface area contributed by atoms with Crippen molar-refractivity contribution in [1.29, 1.82) is 0 Å². The second kappa shape index (κ2) is 12.1. The van der Waals surface area contributed by atoms with E-state index in [4.69, 9.17) is 4.42 Å². The molecular weight excluding hydrogens is 725 g/mol. The Balaban J connectivity index is 1.04. The fourth-order valence-corrected chi connectivity index (χ4v) is 10.7. The van der Waals surface area contributed by atoms with Gasteiger partial charge in [-0.3, -0.25) is 0 Å². The van der Waals surface area contributed by atoms with Gasteiger partial charge < -0.3 is 13.6 Å². The van der Waals surface area contributed by atoms with E-state index in [0.29, 0.717) is 0 Å². The summed E-state index contributed by atoms with van der Waals surface area (Å²) in [6, 6.07) is 70.8. The van der Waals surface area contributed by atoms with Crippen molar-refractivity contribution < 1.29 is 4.42 Å². The second-order valence-electron chi connectivity index (χ2n) is 15.3. The van der Waals surface area contributed by atoms with Crippen molar-refractivity contribution in [2.75, 3.05) is 0 Å². The quantitative estimate of drug-likeness (QED) is 0.175. The van der Waals surface area contributed by atoms with E-state index in [1.54, 1.807) is 0 Å². The van der Waals surface area contributed by atoms with Crippen molar-refractivity contribution in [3.63, 3.8) is 0 Å². The van der Waals surface area contributed by atoms with E-state index in [0.717, 1.165) is 33.3 Å². The number of aromatic nitrogens is 2. The van der Waals surface area contributed by atoms with Gasteiger partial charge in [-0.1, -0.05) is 115 Å². The Morgan fingerprint density at radius 3 is 1.76 bits per heavy atom. The Morgan fingerprint density at radius 2 is 0.914 bits per heavy atom. The van der Waals surface area contributed by atoms with Gasteiger partial charge in [-0.15, -0.1) is 11.3 Å². The second-order valence-corrected chi connectivity index (χ2v) is 16.3. The average molecular weight is 757 g/mol. The molecule has 13 rings (SSSR count). The molecule has 0 aliphatic carbocycles. The van der Waals surface area contributed by atoms with Crippen LogP contribution in [0, 0.1) is 0 Å². The Labute approximate surface area is 336 Å². The van der Waals surface area contributed by atoms with Crippen LogP contribution in [-0.2, 0) is 0 Å².